The molecule has 0 aliphatic rings. The van der Waals surface area contributed by atoms with Gasteiger partial charge in [0.2, 0.25) is 0 Å². The monoisotopic (exact) mass is 614 g/mol. The van der Waals surface area contributed by atoms with E-state index < -0.39 is 35.0 Å². The Hall–Kier alpha value is 0.388. The molecule has 0 unspecified atom stereocenters. The Morgan fingerprint density at radius 2 is 0.703 bits per heavy atom. The van der Waals surface area contributed by atoms with Gasteiger partial charge in [0, 0.05) is 88.8 Å². The number of hydrogen-bond acceptors (Lipinski definition) is 12. The molecule has 0 radical (unpaired) electrons. The first-order valence-corrected chi connectivity index (χ1v) is 21.5. The predicted molar refractivity (Wildman–Crippen MR) is 154 cm³/mol. The van der Waals surface area contributed by atoms with E-state index in [4.69, 9.17) is 53.8 Å². The maximum absolute atomic E-state index is 8.66. The molecule has 0 atom stereocenters. The molecule has 0 spiro atoms. The zero-order chi connectivity index (χ0) is 30.0. The maximum atomic E-state index is 8.66. The summed E-state index contributed by atoms with van der Waals surface area (Å²) < 4.78 is 56.3. The second kappa shape index (κ2) is 26.6. The summed E-state index contributed by atoms with van der Waals surface area (Å²) in [6.07, 6.45) is -0.184. The van der Waals surface area contributed by atoms with Gasteiger partial charge < -0.3 is 53.8 Å². The summed E-state index contributed by atoms with van der Waals surface area (Å²) in [4.78, 5) is 0. The summed E-state index contributed by atoms with van der Waals surface area (Å²) in [5.74, 6) is 0. The molecule has 0 rings (SSSR count). The minimum absolute atomic E-state index is 0.184. The molecule has 0 heterocycles. The SMILES string of the molecule is CCO[Si](C)(C)OCC.CCO[Si](C)(OCC)OCC.CO[Si](C)(OC)OC.CO[Si](CO)(OC)OC. The molecule has 37 heavy (non-hydrogen) atoms. The largest absolute Gasteiger partial charge is 0.527 e. The summed E-state index contributed by atoms with van der Waals surface area (Å²) >= 11 is 0. The average Bonchev–Trinajstić information content (AvgIpc) is 2.87. The highest BCUT2D eigenvalue weighted by Gasteiger charge is 2.36. The van der Waals surface area contributed by atoms with Gasteiger partial charge in [0.15, 0.2) is 0 Å². The second-order valence-electron chi connectivity index (χ2n) is 7.36. The molecular formula is C21H58O12Si4. The lowest BCUT2D eigenvalue weighted by atomic mass is 10.9. The van der Waals surface area contributed by atoms with Crippen molar-refractivity contribution < 1.29 is 53.8 Å². The summed E-state index contributed by atoms with van der Waals surface area (Å²) in [7, 11) is 0.349. The van der Waals surface area contributed by atoms with Gasteiger partial charge >= 0.3 is 35.0 Å². The fraction of sp³-hybridized carbons (Fsp3) is 1.00. The molecule has 0 aliphatic heterocycles. The van der Waals surface area contributed by atoms with Crippen molar-refractivity contribution in [1.29, 1.82) is 0 Å². The minimum Gasteiger partial charge on any atom is -0.395 e. The van der Waals surface area contributed by atoms with Crippen LogP contribution in [-0.2, 0) is 48.7 Å². The smallest absolute Gasteiger partial charge is 0.395 e. The van der Waals surface area contributed by atoms with Crippen molar-refractivity contribution in [2.24, 2.45) is 0 Å². The summed E-state index contributed by atoms with van der Waals surface area (Å²) in [5.41, 5.74) is 0. The molecule has 0 aromatic heterocycles. The van der Waals surface area contributed by atoms with Gasteiger partial charge in [0.1, 0.15) is 6.23 Å². The van der Waals surface area contributed by atoms with Crippen molar-refractivity contribution in [3.05, 3.63) is 0 Å². The predicted octanol–water partition coefficient (Wildman–Crippen LogP) is 3.32. The van der Waals surface area contributed by atoms with Crippen molar-refractivity contribution in [3.63, 3.8) is 0 Å². The standard InChI is InChI=1S/C7H18O3Si.C6H16O2Si.C4H12O4Si.C4H12O3Si/c1-5-8-11(4,9-6-2)10-7-3;1-5-7-9(3,4)8-6-2;1-6-9(4-5,7-2)8-3;1-5-8(4,6-2)7-3/h5-7H2,1-4H3;5-6H2,1-4H3;5H,4H2,1-3H3;1-4H3. The van der Waals surface area contributed by atoms with Crippen LogP contribution in [-0.4, -0.2) is 122 Å². The van der Waals surface area contributed by atoms with Gasteiger partial charge in [-0.15, -0.1) is 0 Å². The number of rotatable bonds is 17. The highest BCUT2D eigenvalue weighted by Crippen LogP contribution is 2.08. The van der Waals surface area contributed by atoms with E-state index >= 15 is 0 Å². The van der Waals surface area contributed by atoms with E-state index in [0.717, 1.165) is 13.2 Å². The van der Waals surface area contributed by atoms with E-state index in [1.807, 2.05) is 47.7 Å². The highest BCUT2D eigenvalue weighted by atomic mass is 28.4. The molecule has 0 bridgehead atoms. The highest BCUT2D eigenvalue weighted by molar-refractivity contribution is 6.64. The first kappa shape index (κ1) is 44.4. The third kappa shape index (κ3) is 25.1. The Morgan fingerprint density at radius 1 is 0.432 bits per heavy atom. The van der Waals surface area contributed by atoms with Gasteiger partial charge in [-0.25, -0.2) is 0 Å². The van der Waals surface area contributed by atoms with Crippen molar-refractivity contribution in [3.8, 4) is 0 Å². The fourth-order valence-corrected chi connectivity index (χ4v) is 7.03. The maximum Gasteiger partial charge on any atom is 0.527 e. The molecule has 0 aromatic carbocycles. The van der Waals surface area contributed by atoms with Crippen LogP contribution in [0, 0.1) is 0 Å². The third-order valence-corrected chi connectivity index (χ3v) is 13.3. The van der Waals surface area contributed by atoms with Crippen molar-refractivity contribution in [2.45, 2.75) is 60.8 Å². The fourth-order valence-electron chi connectivity index (χ4n) is 2.34. The molecule has 0 saturated carbocycles. The van der Waals surface area contributed by atoms with Crippen molar-refractivity contribution >= 4 is 35.0 Å². The van der Waals surface area contributed by atoms with Crippen LogP contribution in [0.3, 0.4) is 0 Å². The second-order valence-corrected chi connectivity index (χ2v) is 19.2. The Balaban J connectivity index is -0.000000198. The molecular weight excluding hydrogens is 557 g/mol. The zero-order valence-electron chi connectivity index (χ0n) is 26.2. The van der Waals surface area contributed by atoms with Crippen LogP contribution in [0.1, 0.15) is 34.6 Å². The van der Waals surface area contributed by atoms with Crippen LogP contribution in [0.25, 0.3) is 0 Å². The number of aliphatic hydroxyl groups is 1. The van der Waals surface area contributed by atoms with Gasteiger partial charge in [-0.3, -0.25) is 0 Å². The molecule has 16 heteroatoms. The lowest BCUT2D eigenvalue weighted by Crippen LogP contribution is -2.47. The summed E-state index contributed by atoms with van der Waals surface area (Å²) in [5, 5.41) is 8.66. The molecule has 12 nitrogen and oxygen atoms in total. The molecule has 0 fully saturated rings. The molecule has 230 valence electrons. The Bertz CT molecular complexity index is 420. The van der Waals surface area contributed by atoms with Crippen LogP contribution in [0.4, 0.5) is 0 Å². The Morgan fingerprint density at radius 3 is 0.811 bits per heavy atom. The van der Waals surface area contributed by atoms with E-state index in [2.05, 4.69) is 13.1 Å². The van der Waals surface area contributed by atoms with Gasteiger partial charge in [-0.05, 0) is 47.7 Å². The summed E-state index contributed by atoms with van der Waals surface area (Å²) in [6.45, 7) is 21.2. The van der Waals surface area contributed by atoms with E-state index in [-0.39, 0.29) is 6.23 Å². The molecule has 0 amide bonds. The lowest BCUT2D eigenvalue weighted by molar-refractivity contribution is 0.0783. The number of aliphatic hydroxyl groups excluding tert-OH is 1. The zero-order valence-corrected chi connectivity index (χ0v) is 30.2. The van der Waals surface area contributed by atoms with E-state index in [1.165, 1.54) is 21.3 Å². The van der Waals surface area contributed by atoms with Gasteiger partial charge in [0.25, 0.3) is 0 Å². The third-order valence-electron chi connectivity index (χ3n) is 4.44. The normalized spacial score (nSPS) is 12.0. The Kier molecular flexibility index (Phi) is 31.9. The Labute approximate surface area is 231 Å². The average molecular weight is 615 g/mol. The van der Waals surface area contributed by atoms with E-state index in [0.29, 0.717) is 19.8 Å². The van der Waals surface area contributed by atoms with Crippen LogP contribution in [0.15, 0.2) is 0 Å². The lowest BCUT2D eigenvalue weighted by Gasteiger charge is -2.23. The van der Waals surface area contributed by atoms with Crippen LogP contribution in [0.2, 0.25) is 26.2 Å². The molecule has 0 saturated heterocycles. The van der Waals surface area contributed by atoms with Crippen LogP contribution in [0.5, 0.6) is 0 Å². The topological polar surface area (TPSA) is 122 Å². The number of hydrogen-bond donors (Lipinski definition) is 1. The van der Waals surface area contributed by atoms with Crippen LogP contribution < -0.4 is 0 Å². The van der Waals surface area contributed by atoms with Gasteiger partial charge in [0.05, 0.1) is 0 Å². The van der Waals surface area contributed by atoms with Crippen LogP contribution >= 0.6 is 0 Å². The summed E-state index contributed by atoms with van der Waals surface area (Å²) in [6, 6.07) is 0. The van der Waals surface area contributed by atoms with Gasteiger partial charge in [-0.1, -0.05) is 0 Å². The molecule has 0 aliphatic carbocycles. The minimum atomic E-state index is -2.64. The quantitative estimate of drug-likeness (QED) is 0.242. The van der Waals surface area contributed by atoms with Gasteiger partial charge in [-0.2, -0.15) is 0 Å². The van der Waals surface area contributed by atoms with Crippen molar-refractivity contribution in [2.75, 3.05) is 81.9 Å². The van der Waals surface area contributed by atoms with Crippen molar-refractivity contribution in [1.82, 2.24) is 0 Å². The molecule has 0 aromatic rings. The molecule has 1 N–H and O–H groups in total. The van der Waals surface area contributed by atoms with E-state index in [1.54, 1.807) is 21.3 Å². The van der Waals surface area contributed by atoms with E-state index in [9.17, 15) is 0 Å². The first-order chi connectivity index (χ1) is 17.2. The first-order valence-electron chi connectivity index (χ1n) is 12.3.